The van der Waals surface area contributed by atoms with Crippen molar-refractivity contribution in [2.75, 3.05) is 0 Å². The van der Waals surface area contributed by atoms with Crippen LogP contribution in [-0.2, 0) is 17.6 Å². The van der Waals surface area contributed by atoms with Gasteiger partial charge in [0.05, 0.1) is 12.1 Å². The molecule has 17 heavy (non-hydrogen) atoms. The zero-order valence-electron chi connectivity index (χ0n) is 10.1. The van der Waals surface area contributed by atoms with Crippen molar-refractivity contribution in [1.82, 2.24) is 14.6 Å². The van der Waals surface area contributed by atoms with E-state index in [9.17, 15) is 4.79 Å². The van der Waals surface area contributed by atoms with E-state index in [0.717, 1.165) is 27.8 Å². The highest BCUT2D eigenvalue weighted by Crippen LogP contribution is 2.22. The molecule has 0 bridgehead atoms. The van der Waals surface area contributed by atoms with Crippen molar-refractivity contribution in [3.63, 3.8) is 0 Å². The molecule has 2 aromatic rings. The first-order chi connectivity index (χ1) is 7.97. The molecule has 0 aliphatic carbocycles. The fourth-order valence-corrected chi connectivity index (χ4v) is 2.74. The van der Waals surface area contributed by atoms with E-state index in [0.29, 0.717) is 5.92 Å². The van der Waals surface area contributed by atoms with Crippen molar-refractivity contribution in [2.24, 2.45) is 5.92 Å². The second-order valence-electron chi connectivity index (χ2n) is 4.50. The van der Waals surface area contributed by atoms with Crippen LogP contribution in [0.3, 0.4) is 0 Å². The predicted octanol–water partition coefficient (Wildman–Crippen LogP) is 1.92. The van der Waals surface area contributed by atoms with E-state index in [-0.39, 0.29) is 6.42 Å². The predicted molar refractivity (Wildman–Crippen MR) is 65.5 cm³/mol. The van der Waals surface area contributed by atoms with Crippen LogP contribution in [0.1, 0.15) is 30.2 Å². The van der Waals surface area contributed by atoms with Gasteiger partial charge in [-0.1, -0.05) is 25.2 Å². The third-order valence-corrected chi connectivity index (χ3v) is 3.59. The molecule has 2 aromatic heterocycles. The Hall–Kier alpha value is -1.43. The molecule has 1 N–H and O–H groups in total. The quantitative estimate of drug-likeness (QED) is 0.904. The second-order valence-corrected chi connectivity index (χ2v) is 5.56. The van der Waals surface area contributed by atoms with E-state index in [4.69, 9.17) is 5.11 Å². The van der Waals surface area contributed by atoms with Crippen molar-refractivity contribution in [3.8, 4) is 0 Å². The fourth-order valence-electron chi connectivity index (χ4n) is 1.68. The Morgan fingerprint density at radius 1 is 1.53 bits per heavy atom. The molecule has 0 aliphatic heterocycles. The number of aliphatic carboxylic acids is 1. The first-order valence-corrected chi connectivity index (χ1v) is 6.34. The highest BCUT2D eigenvalue weighted by molar-refractivity contribution is 7.17. The molecule has 0 fully saturated rings. The maximum absolute atomic E-state index is 10.7. The first-order valence-electron chi connectivity index (χ1n) is 5.53. The van der Waals surface area contributed by atoms with Gasteiger partial charge in [0.15, 0.2) is 5.82 Å². The van der Waals surface area contributed by atoms with Gasteiger partial charge in [0.1, 0.15) is 0 Å². The van der Waals surface area contributed by atoms with E-state index in [1.165, 1.54) is 11.3 Å². The van der Waals surface area contributed by atoms with Crippen molar-refractivity contribution in [2.45, 2.75) is 33.6 Å². The van der Waals surface area contributed by atoms with Gasteiger partial charge in [0, 0.05) is 11.3 Å². The number of hydrogen-bond donors (Lipinski definition) is 1. The van der Waals surface area contributed by atoms with Crippen molar-refractivity contribution in [1.29, 1.82) is 0 Å². The summed E-state index contributed by atoms with van der Waals surface area (Å²) in [5.74, 6) is 0.530. The third kappa shape index (κ3) is 2.46. The Morgan fingerprint density at radius 3 is 2.76 bits per heavy atom. The number of aryl methyl sites for hydroxylation is 1. The molecule has 2 heterocycles. The molecule has 0 spiro atoms. The summed E-state index contributed by atoms with van der Waals surface area (Å²) in [4.78, 5) is 16.7. The molecule has 0 aliphatic rings. The smallest absolute Gasteiger partial charge is 0.308 e. The topological polar surface area (TPSA) is 67.5 Å². The summed E-state index contributed by atoms with van der Waals surface area (Å²) >= 11 is 1.41. The van der Waals surface area contributed by atoms with Crippen LogP contribution in [0, 0.1) is 12.8 Å². The van der Waals surface area contributed by atoms with Gasteiger partial charge in [-0.2, -0.15) is 5.10 Å². The molecule has 0 saturated heterocycles. The van der Waals surface area contributed by atoms with E-state index < -0.39 is 5.97 Å². The molecule has 2 rings (SSSR count). The minimum absolute atomic E-state index is 0.0427. The average Bonchev–Trinajstić information content (AvgIpc) is 2.67. The zero-order chi connectivity index (χ0) is 12.6. The number of carbonyl (C=O) groups is 1. The van der Waals surface area contributed by atoms with Crippen molar-refractivity contribution < 1.29 is 9.90 Å². The Labute approximate surface area is 103 Å². The summed E-state index contributed by atoms with van der Waals surface area (Å²) < 4.78 is 1.75. The molecular weight excluding hydrogens is 238 g/mol. The summed E-state index contributed by atoms with van der Waals surface area (Å²) in [6.45, 7) is 6.13. The Bertz CT molecular complexity index is 556. The van der Waals surface area contributed by atoms with Crippen LogP contribution in [0.4, 0.5) is 0 Å². The van der Waals surface area contributed by atoms with E-state index in [1.54, 1.807) is 4.52 Å². The number of rotatable bonds is 4. The number of fused-ring (bicyclic) bond motifs is 1. The largest absolute Gasteiger partial charge is 0.481 e. The molecule has 92 valence electrons. The van der Waals surface area contributed by atoms with E-state index in [2.05, 4.69) is 23.9 Å². The molecule has 0 unspecified atom stereocenters. The number of carboxylic acids is 1. The zero-order valence-corrected chi connectivity index (χ0v) is 10.9. The Kier molecular flexibility index (Phi) is 3.15. The van der Waals surface area contributed by atoms with Crippen LogP contribution in [0.5, 0.6) is 0 Å². The fraction of sp³-hybridized carbons (Fsp3) is 0.545. The number of hydrogen-bond acceptors (Lipinski definition) is 4. The van der Waals surface area contributed by atoms with Gasteiger partial charge in [-0.05, 0) is 12.8 Å². The number of aromatic nitrogens is 3. The molecule has 5 nitrogen and oxygen atoms in total. The molecule has 0 amide bonds. The minimum Gasteiger partial charge on any atom is -0.481 e. The molecule has 0 saturated carbocycles. The van der Waals surface area contributed by atoms with Gasteiger partial charge in [0.2, 0.25) is 4.96 Å². The summed E-state index contributed by atoms with van der Waals surface area (Å²) in [6, 6.07) is 0. The number of thiazole rings is 1. The first kappa shape index (κ1) is 12.0. The summed E-state index contributed by atoms with van der Waals surface area (Å²) in [5.41, 5.74) is 0.884. The lowest BCUT2D eigenvalue weighted by molar-refractivity contribution is -0.136. The van der Waals surface area contributed by atoms with Crippen LogP contribution in [0.25, 0.3) is 4.96 Å². The maximum atomic E-state index is 10.7. The molecule has 6 heteroatoms. The van der Waals surface area contributed by atoms with Crippen LogP contribution < -0.4 is 0 Å². The number of nitrogens with zero attached hydrogens (tertiary/aromatic N) is 3. The molecule has 0 atom stereocenters. The normalized spacial score (nSPS) is 11.5. The highest BCUT2D eigenvalue weighted by atomic mass is 32.1. The summed E-state index contributed by atoms with van der Waals surface area (Å²) in [7, 11) is 0. The van der Waals surface area contributed by atoms with Gasteiger partial charge in [-0.15, -0.1) is 0 Å². The minimum atomic E-state index is -0.819. The van der Waals surface area contributed by atoms with Gasteiger partial charge >= 0.3 is 5.97 Å². The summed E-state index contributed by atoms with van der Waals surface area (Å²) in [6.07, 6.45) is 0.892. The van der Waals surface area contributed by atoms with Crippen LogP contribution >= 0.6 is 11.3 Å². The standard InChI is InChI=1S/C11H15N3O2S/c1-6(2)4-9-12-11-14(13-9)7(3)8(17-11)5-10(15)16/h6H,4-5H2,1-3H3,(H,15,16). The lowest BCUT2D eigenvalue weighted by Gasteiger charge is -1.98. The monoisotopic (exact) mass is 253 g/mol. The van der Waals surface area contributed by atoms with Crippen LogP contribution in [0.15, 0.2) is 0 Å². The highest BCUT2D eigenvalue weighted by Gasteiger charge is 2.15. The Balaban J connectivity index is 2.35. The lowest BCUT2D eigenvalue weighted by atomic mass is 10.1. The average molecular weight is 253 g/mol. The van der Waals surface area contributed by atoms with Crippen molar-refractivity contribution in [3.05, 3.63) is 16.4 Å². The SMILES string of the molecule is Cc1c(CC(=O)O)sc2nc(CC(C)C)nn12. The summed E-state index contributed by atoms with van der Waals surface area (Å²) in [5, 5.41) is 13.2. The maximum Gasteiger partial charge on any atom is 0.308 e. The van der Waals surface area contributed by atoms with Gasteiger partial charge in [-0.25, -0.2) is 9.50 Å². The van der Waals surface area contributed by atoms with E-state index in [1.807, 2.05) is 6.92 Å². The van der Waals surface area contributed by atoms with Gasteiger partial charge in [0.25, 0.3) is 0 Å². The second kappa shape index (κ2) is 4.44. The lowest BCUT2D eigenvalue weighted by Crippen LogP contribution is -2.01. The van der Waals surface area contributed by atoms with Gasteiger partial charge < -0.3 is 5.11 Å². The molecular formula is C11H15N3O2S. The molecule has 0 aromatic carbocycles. The Morgan fingerprint density at radius 2 is 2.24 bits per heavy atom. The van der Waals surface area contributed by atoms with Crippen LogP contribution in [0.2, 0.25) is 0 Å². The van der Waals surface area contributed by atoms with Crippen LogP contribution in [-0.4, -0.2) is 25.7 Å². The third-order valence-electron chi connectivity index (χ3n) is 2.46. The van der Waals surface area contributed by atoms with E-state index >= 15 is 0 Å². The molecule has 0 radical (unpaired) electrons. The van der Waals surface area contributed by atoms with Crippen molar-refractivity contribution >= 4 is 22.3 Å². The van der Waals surface area contributed by atoms with Gasteiger partial charge in [-0.3, -0.25) is 4.79 Å². The number of carboxylic acid groups (broad SMARTS) is 1.